The third kappa shape index (κ3) is 1.05. The van der Waals surface area contributed by atoms with Gasteiger partial charge >= 0.3 is 0 Å². The van der Waals surface area contributed by atoms with Gasteiger partial charge in [-0.05, 0) is 36.5 Å². The molecule has 0 saturated carbocycles. The molecule has 0 heterocycles. The third-order valence-electron chi connectivity index (χ3n) is 2.70. The molecule has 0 fully saturated rings. The van der Waals surface area contributed by atoms with E-state index in [-0.39, 0.29) is 0 Å². The van der Waals surface area contributed by atoms with Crippen LogP contribution in [0.2, 0.25) is 0 Å². The Morgan fingerprint density at radius 1 is 1.42 bits per heavy atom. The van der Waals surface area contributed by atoms with Gasteiger partial charge in [-0.1, -0.05) is 18.2 Å². The van der Waals surface area contributed by atoms with E-state index in [0.717, 1.165) is 6.42 Å². The summed E-state index contributed by atoms with van der Waals surface area (Å²) in [5, 5.41) is 0. The lowest BCUT2D eigenvalue weighted by Crippen LogP contribution is -1.97. The Balaban J connectivity index is 2.48. The molecule has 0 spiro atoms. The first-order valence-corrected chi connectivity index (χ1v) is 4.44. The lowest BCUT2D eigenvalue weighted by atomic mass is 10.0. The minimum absolute atomic E-state index is 0.348. The number of hydrogen-bond acceptors (Lipinski definition) is 1. The number of rotatable bonds is 1. The highest BCUT2D eigenvalue weighted by Crippen LogP contribution is 2.35. The fraction of sp³-hybridized carbons (Fsp3) is 0.455. The molecule has 2 rings (SSSR count). The number of benzene rings is 1. The summed E-state index contributed by atoms with van der Waals surface area (Å²) < 4.78 is 5.42. The van der Waals surface area contributed by atoms with Gasteiger partial charge in [-0.3, -0.25) is 0 Å². The van der Waals surface area contributed by atoms with Crippen molar-refractivity contribution < 1.29 is 4.74 Å². The van der Waals surface area contributed by atoms with Crippen LogP contribution >= 0.6 is 0 Å². The maximum atomic E-state index is 5.42. The van der Waals surface area contributed by atoms with Gasteiger partial charge in [0.2, 0.25) is 0 Å². The smallest absolute Gasteiger partial charge is 0.0829 e. The Hall–Kier alpha value is -0.820. The Kier molecular flexibility index (Phi) is 1.89. The van der Waals surface area contributed by atoms with Crippen molar-refractivity contribution in [2.75, 3.05) is 7.11 Å². The summed E-state index contributed by atoms with van der Waals surface area (Å²) in [4.78, 5) is 0. The summed E-state index contributed by atoms with van der Waals surface area (Å²) in [5.41, 5.74) is 4.28. The Bertz CT molecular complexity index is 291. The second kappa shape index (κ2) is 2.91. The fourth-order valence-corrected chi connectivity index (χ4v) is 2.09. The molecule has 0 bridgehead atoms. The maximum absolute atomic E-state index is 5.42. The largest absolute Gasteiger partial charge is 0.377 e. The van der Waals surface area contributed by atoms with Crippen molar-refractivity contribution in [3.8, 4) is 0 Å². The van der Waals surface area contributed by atoms with Crippen molar-refractivity contribution in [2.45, 2.75) is 25.9 Å². The van der Waals surface area contributed by atoms with Gasteiger partial charge in [0.05, 0.1) is 6.10 Å². The van der Waals surface area contributed by atoms with Gasteiger partial charge in [0.15, 0.2) is 0 Å². The van der Waals surface area contributed by atoms with Gasteiger partial charge in [0.1, 0.15) is 0 Å². The van der Waals surface area contributed by atoms with Crippen molar-refractivity contribution in [2.24, 2.45) is 0 Å². The van der Waals surface area contributed by atoms with Gasteiger partial charge in [0.25, 0.3) is 0 Å². The van der Waals surface area contributed by atoms with Crippen LogP contribution in [0.3, 0.4) is 0 Å². The summed E-state index contributed by atoms with van der Waals surface area (Å²) in [6.07, 6.45) is 2.67. The van der Waals surface area contributed by atoms with E-state index >= 15 is 0 Å². The molecule has 0 saturated heterocycles. The zero-order valence-corrected chi connectivity index (χ0v) is 7.63. The monoisotopic (exact) mass is 162 g/mol. The van der Waals surface area contributed by atoms with E-state index < -0.39 is 0 Å². The van der Waals surface area contributed by atoms with Gasteiger partial charge in [0, 0.05) is 7.11 Å². The van der Waals surface area contributed by atoms with Crippen molar-refractivity contribution in [1.82, 2.24) is 0 Å². The van der Waals surface area contributed by atoms with E-state index in [2.05, 4.69) is 25.1 Å². The number of aryl methyl sites for hydroxylation is 2. The normalized spacial score (nSPS) is 21.0. The average molecular weight is 162 g/mol. The molecule has 1 aliphatic rings. The van der Waals surface area contributed by atoms with Crippen LogP contribution in [0, 0.1) is 6.92 Å². The molecular formula is C11H14O. The molecule has 1 unspecified atom stereocenters. The zero-order valence-electron chi connectivity index (χ0n) is 7.63. The highest BCUT2D eigenvalue weighted by molar-refractivity contribution is 5.39. The molecule has 0 aliphatic heterocycles. The molecule has 1 aromatic rings. The minimum atomic E-state index is 0.348. The number of hydrogen-bond donors (Lipinski definition) is 0. The van der Waals surface area contributed by atoms with Gasteiger partial charge in [-0.25, -0.2) is 0 Å². The summed E-state index contributed by atoms with van der Waals surface area (Å²) >= 11 is 0. The molecule has 1 nitrogen and oxygen atoms in total. The van der Waals surface area contributed by atoms with Crippen LogP contribution < -0.4 is 0 Å². The van der Waals surface area contributed by atoms with E-state index in [1.54, 1.807) is 7.11 Å². The van der Waals surface area contributed by atoms with Crippen LogP contribution in [-0.2, 0) is 11.2 Å². The molecular weight excluding hydrogens is 148 g/mol. The lowest BCUT2D eigenvalue weighted by molar-refractivity contribution is 0.104. The maximum Gasteiger partial charge on any atom is 0.0829 e. The molecule has 64 valence electrons. The van der Waals surface area contributed by atoms with E-state index in [1.807, 2.05) is 0 Å². The standard InChI is InChI=1S/C11H14O/c1-8-4-3-5-9-6-7-10(12-2)11(8)9/h3-5,10H,6-7H2,1-2H3. The number of methoxy groups -OCH3 is 1. The van der Waals surface area contributed by atoms with Crippen LogP contribution in [0.5, 0.6) is 0 Å². The quantitative estimate of drug-likeness (QED) is 0.616. The molecule has 1 atom stereocenters. The van der Waals surface area contributed by atoms with Gasteiger partial charge < -0.3 is 4.74 Å². The van der Waals surface area contributed by atoms with Crippen LogP contribution in [-0.4, -0.2) is 7.11 Å². The van der Waals surface area contributed by atoms with Crippen molar-refractivity contribution in [1.29, 1.82) is 0 Å². The highest BCUT2D eigenvalue weighted by Gasteiger charge is 2.22. The van der Waals surface area contributed by atoms with E-state index in [1.165, 1.54) is 23.1 Å². The second-order valence-corrected chi connectivity index (χ2v) is 3.41. The molecule has 12 heavy (non-hydrogen) atoms. The first kappa shape index (κ1) is 7.81. The molecule has 1 aromatic carbocycles. The molecule has 1 aliphatic carbocycles. The Labute approximate surface area is 73.4 Å². The Morgan fingerprint density at radius 3 is 3.00 bits per heavy atom. The minimum Gasteiger partial charge on any atom is -0.377 e. The van der Waals surface area contributed by atoms with E-state index in [4.69, 9.17) is 4.74 Å². The third-order valence-corrected chi connectivity index (χ3v) is 2.70. The van der Waals surface area contributed by atoms with Crippen LogP contribution in [0.15, 0.2) is 18.2 Å². The predicted molar refractivity (Wildman–Crippen MR) is 49.3 cm³/mol. The highest BCUT2D eigenvalue weighted by atomic mass is 16.5. The van der Waals surface area contributed by atoms with E-state index in [0.29, 0.717) is 6.10 Å². The molecule has 1 heteroatoms. The SMILES string of the molecule is COC1CCc2cccc(C)c21. The topological polar surface area (TPSA) is 9.23 Å². The first-order valence-electron chi connectivity index (χ1n) is 4.44. The van der Waals surface area contributed by atoms with Crippen molar-refractivity contribution in [3.05, 3.63) is 34.9 Å². The molecule has 0 amide bonds. The fourth-order valence-electron chi connectivity index (χ4n) is 2.09. The number of ether oxygens (including phenoxy) is 1. The van der Waals surface area contributed by atoms with Crippen molar-refractivity contribution >= 4 is 0 Å². The van der Waals surface area contributed by atoms with Crippen molar-refractivity contribution in [3.63, 3.8) is 0 Å². The summed E-state index contributed by atoms with van der Waals surface area (Å²) in [6.45, 7) is 2.16. The van der Waals surface area contributed by atoms with Crippen LogP contribution in [0.4, 0.5) is 0 Å². The van der Waals surface area contributed by atoms with E-state index in [9.17, 15) is 0 Å². The zero-order chi connectivity index (χ0) is 8.55. The Morgan fingerprint density at radius 2 is 2.25 bits per heavy atom. The van der Waals surface area contributed by atoms with Crippen LogP contribution in [0.25, 0.3) is 0 Å². The van der Waals surface area contributed by atoms with Gasteiger partial charge in [-0.15, -0.1) is 0 Å². The summed E-state index contributed by atoms with van der Waals surface area (Å²) in [7, 11) is 1.80. The molecule has 0 N–H and O–H groups in total. The summed E-state index contributed by atoms with van der Waals surface area (Å²) in [5.74, 6) is 0. The van der Waals surface area contributed by atoms with Gasteiger partial charge in [-0.2, -0.15) is 0 Å². The number of fused-ring (bicyclic) bond motifs is 1. The molecule has 0 aromatic heterocycles. The lowest BCUT2D eigenvalue weighted by Gasteiger charge is -2.11. The second-order valence-electron chi connectivity index (χ2n) is 3.41. The first-order chi connectivity index (χ1) is 5.83. The summed E-state index contributed by atoms with van der Waals surface area (Å²) in [6, 6.07) is 6.50. The van der Waals surface area contributed by atoms with Crippen LogP contribution in [0.1, 0.15) is 29.2 Å². The molecule has 0 radical (unpaired) electrons. The average Bonchev–Trinajstić information content (AvgIpc) is 2.49. The predicted octanol–water partition coefficient (Wildman–Crippen LogP) is 2.63.